The summed E-state index contributed by atoms with van der Waals surface area (Å²) in [5, 5.41) is 7.95. The summed E-state index contributed by atoms with van der Waals surface area (Å²) in [6.45, 7) is 8.32. The molecule has 0 saturated heterocycles. The van der Waals surface area contributed by atoms with Gasteiger partial charge in [0.15, 0.2) is 5.96 Å². The molecule has 21 heavy (non-hydrogen) atoms. The summed E-state index contributed by atoms with van der Waals surface area (Å²) < 4.78 is 0. The van der Waals surface area contributed by atoms with E-state index in [4.69, 9.17) is 0 Å². The number of guanidine groups is 1. The normalized spacial score (nSPS) is 23.1. The maximum absolute atomic E-state index is 4.55. The maximum atomic E-state index is 4.55. The first kappa shape index (κ1) is 16.3. The average Bonchev–Trinajstić information content (AvgIpc) is 2.80. The third-order valence-corrected chi connectivity index (χ3v) is 5.47. The SMILES string of the molecule is CN=C(NCc1nc(C)c(C)s1)NCC1CCC(C)CC1. The van der Waals surface area contributed by atoms with E-state index in [0.717, 1.165) is 41.6 Å². The second-order valence-corrected chi connectivity index (χ2v) is 7.47. The van der Waals surface area contributed by atoms with Gasteiger partial charge in [-0.05, 0) is 38.5 Å². The van der Waals surface area contributed by atoms with Gasteiger partial charge in [0.05, 0.1) is 12.2 Å². The molecule has 0 amide bonds. The Bertz CT molecular complexity index is 453. The van der Waals surface area contributed by atoms with E-state index in [0.29, 0.717) is 0 Å². The molecule has 1 aromatic rings. The first-order valence-electron chi connectivity index (χ1n) is 7.96. The molecule has 0 atom stereocenters. The van der Waals surface area contributed by atoms with Crippen molar-refractivity contribution in [2.75, 3.05) is 13.6 Å². The Morgan fingerprint density at radius 3 is 2.52 bits per heavy atom. The summed E-state index contributed by atoms with van der Waals surface area (Å²) in [7, 11) is 1.83. The van der Waals surface area contributed by atoms with Gasteiger partial charge in [-0.3, -0.25) is 4.99 Å². The maximum Gasteiger partial charge on any atom is 0.191 e. The molecule has 4 nitrogen and oxygen atoms in total. The smallest absolute Gasteiger partial charge is 0.191 e. The molecule has 1 aliphatic rings. The fraction of sp³-hybridized carbons (Fsp3) is 0.750. The third kappa shape index (κ3) is 4.99. The molecular weight excluding hydrogens is 280 g/mol. The molecule has 0 radical (unpaired) electrons. The fourth-order valence-corrected chi connectivity index (χ4v) is 3.64. The van der Waals surface area contributed by atoms with Gasteiger partial charge in [0, 0.05) is 18.5 Å². The number of aliphatic imine (C=N–C) groups is 1. The van der Waals surface area contributed by atoms with E-state index in [-0.39, 0.29) is 0 Å². The Morgan fingerprint density at radius 1 is 1.24 bits per heavy atom. The van der Waals surface area contributed by atoms with Gasteiger partial charge in [-0.25, -0.2) is 4.98 Å². The zero-order valence-corrected chi connectivity index (χ0v) is 14.5. The highest BCUT2D eigenvalue weighted by Crippen LogP contribution is 2.27. The quantitative estimate of drug-likeness (QED) is 0.663. The lowest BCUT2D eigenvalue weighted by Crippen LogP contribution is -2.40. The van der Waals surface area contributed by atoms with Crippen LogP contribution in [0.25, 0.3) is 0 Å². The van der Waals surface area contributed by atoms with Crippen LogP contribution in [0.2, 0.25) is 0 Å². The van der Waals surface area contributed by atoms with Crippen molar-refractivity contribution < 1.29 is 0 Å². The van der Waals surface area contributed by atoms with Crippen LogP contribution >= 0.6 is 11.3 Å². The minimum atomic E-state index is 0.751. The third-order valence-electron chi connectivity index (χ3n) is 4.40. The number of rotatable bonds is 4. The Hall–Kier alpha value is -1.10. The highest BCUT2D eigenvalue weighted by atomic mass is 32.1. The van der Waals surface area contributed by atoms with E-state index in [2.05, 4.69) is 41.4 Å². The Kier molecular flexibility index (Phi) is 6.03. The number of aryl methyl sites for hydroxylation is 2. The lowest BCUT2D eigenvalue weighted by Gasteiger charge is -2.26. The molecular formula is C16H28N4S. The number of thiazole rings is 1. The van der Waals surface area contributed by atoms with Crippen LogP contribution in [0.1, 0.15) is 48.2 Å². The zero-order valence-electron chi connectivity index (χ0n) is 13.7. The van der Waals surface area contributed by atoms with E-state index in [1.54, 1.807) is 11.3 Å². The van der Waals surface area contributed by atoms with Crippen molar-refractivity contribution in [1.29, 1.82) is 0 Å². The first-order chi connectivity index (χ1) is 10.1. The first-order valence-corrected chi connectivity index (χ1v) is 8.77. The molecule has 0 aliphatic heterocycles. The predicted molar refractivity (Wildman–Crippen MR) is 90.9 cm³/mol. The number of aromatic nitrogens is 1. The summed E-state index contributed by atoms with van der Waals surface area (Å²) in [5.41, 5.74) is 1.14. The Balaban J connectivity index is 1.73. The van der Waals surface area contributed by atoms with E-state index >= 15 is 0 Å². The number of nitrogens with zero attached hydrogens (tertiary/aromatic N) is 2. The fourth-order valence-electron chi connectivity index (χ4n) is 2.77. The topological polar surface area (TPSA) is 49.3 Å². The summed E-state index contributed by atoms with van der Waals surface area (Å²) in [4.78, 5) is 10.1. The van der Waals surface area contributed by atoms with Crippen LogP contribution in [0.4, 0.5) is 0 Å². The predicted octanol–water partition coefficient (Wildman–Crippen LogP) is 3.25. The molecule has 0 spiro atoms. The van der Waals surface area contributed by atoms with Crippen LogP contribution in [0, 0.1) is 25.7 Å². The Morgan fingerprint density at radius 2 is 1.95 bits per heavy atom. The van der Waals surface area contributed by atoms with Crippen LogP contribution in [0.3, 0.4) is 0 Å². The minimum absolute atomic E-state index is 0.751. The standard InChI is InChI=1S/C16H28N4S/c1-11-5-7-14(8-6-11)9-18-16(17-4)19-10-15-20-12(2)13(3)21-15/h11,14H,5-10H2,1-4H3,(H2,17,18,19). The molecule has 1 aromatic heterocycles. The van der Waals surface area contributed by atoms with Crippen molar-refractivity contribution in [2.24, 2.45) is 16.8 Å². The van der Waals surface area contributed by atoms with E-state index in [9.17, 15) is 0 Å². The Labute approximate surface area is 132 Å². The summed E-state index contributed by atoms with van der Waals surface area (Å²) >= 11 is 1.76. The van der Waals surface area contributed by atoms with Crippen molar-refractivity contribution in [2.45, 2.75) is 53.0 Å². The molecule has 118 valence electrons. The molecule has 0 unspecified atom stereocenters. The van der Waals surface area contributed by atoms with E-state index in [1.807, 2.05) is 7.05 Å². The molecule has 1 aliphatic carbocycles. The van der Waals surface area contributed by atoms with Crippen molar-refractivity contribution in [1.82, 2.24) is 15.6 Å². The van der Waals surface area contributed by atoms with Gasteiger partial charge in [0.2, 0.25) is 0 Å². The largest absolute Gasteiger partial charge is 0.356 e. The zero-order chi connectivity index (χ0) is 15.2. The second kappa shape index (κ2) is 7.78. The van der Waals surface area contributed by atoms with Crippen LogP contribution < -0.4 is 10.6 Å². The number of hydrogen-bond acceptors (Lipinski definition) is 3. The van der Waals surface area contributed by atoms with Crippen molar-refractivity contribution in [3.63, 3.8) is 0 Å². The molecule has 0 bridgehead atoms. The van der Waals surface area contributed by atoms with Gasteiger partial charge in [0.1, 0.15) is 5.01 Å². The lowest BCUT2D eigenvalue weighted by molar-refractivity contribution is 0.289. The molecule has 2 N–H and O–H groups in total. The van der Waals surface area contributed by atoms with Gasteiger partial charge >= 0.3 is 0 Å². The van der Waals surface area contributed by atoms with Gasteiger partial charge < -0.3 is 10.6 Å². The molecule has 1 heterocycles. The summed E-state index contributed by atoms with van der Waals surface area (Å²) in [5.74, 6) is 2.60. The van der Waals surface area contributed by atoms with Gasteiger partial charge in [0.25, 0.3) is 0 Å². The minimum Gasteiger partial charge on any atom is -0.356 e. The van der Waals surface area contributed by atoms with Crippen LogP contribution in [0.5, 0.6) is 0 Å². The monoisotopic (exact) mass is 308 g/mol. The van der Waals surface area contributed by atoms with Crippen molar-refractivity contribution >= 4 is 17.3 Å². The second-order valence-electron chi connectivity index (χ2n) is 6.18. The molecule has 0 aromatic carbocycles. The van der Waals surface area contributed by atoms with Crippen LogP contribution in [-0.2, 0) is 6.54 Å². The van der Waals surface area contributed by atoms with Gasteiger partial charge in [-0.2, -0.15) is 0 Å². The van der Waals surface area contributed by atoms with E-state index in [1.165, 1.54) is 30.6 Å². The highest BCUT2D eigenvalue weighted by molar-refractivity contribution is 7.11. The summed E-state index contributed by atoms with van der Waals surface area (Å²) in [6.07, 6.45) is 5.43. The number of nitrogens with one attached hydrogen (secondary N) is 2. The highest BCUT2D eigenvalue weighted by Gasteiger charge is 2.18. The summed E-state index contributed by atoms with van der Waals surface area (Å²) in [6, 6.07) is 0. The van der Waals surface area contributed by atoms with Crippen LogP contribution in [0.15, 0.2) is 4.99 Å². The molecule has 2 rings (SSSR count). The molecule has 1 fully saturated rings. The average molecular weight is 308 g/mol. The van der Waals surface area contributed by atoms with Crippen LogP contribution in [-0.4, -0.2) is 24.5 Å². The van der Waals surface area contributed by atoms with Gasteiger partial charge in [-0.1, -0.05) is 19.8 Å². The van der Waals surface area contributed by atoms with Crippen molar-refractivity contribution in [3.8, 4) is 0 Å². The molecule has 1 saturated carbocycles. The van der Waals surface area contributed by atoms with Gasteiger partial charge in [-0.15, -0.1) is 11.3 Å². The van der Waals surface area contributed by atoms with E-state index < -0.39 is 0 Å². The molecule has 5 heteroatoms. The lowest BCUT2D eigenvalue weighted by atomic mass is 9.83. The van der Waals surface area contributed by atoms with Crippen molar-refractivity contribution in [3.05, 3.63) is 15.6 Å². The number of hydrogen-bond donors (Lipinski definition) is 2.